The van der Waals surface area contributed by atoms with Crippen LogP contribution in [0.2, 0.25) is 0 Å². The molecular weight excluding hydrogens is 342 g/mol. The van der Waals surface area contributed by atoms with E-state index in [9.17, 15) is 9.90 Å². The maximum absolute atomic E-state index is 12.8. The van der Waals surface area contributed by atoms with Crippen molar-refractivity contribution in [3.8, 4) is 6.07 Å². The molecule has 6 nitrogen and oxygen atoms in total. The fourth-order valence-electron chi connectivity index (χ4n) is 2.91. The molecule has 1 aromatic carbocycles. The lowest BCUT2D eigenvalue weighted by atomic mass is 10.00. The number of nitrogens with zero attached hydrogens (tertiary/aromatic N) is 2. The lowest BCUT2D eigenvalue weighted by Crippen LogP contribution is -2.43. The Morgan fingerprint density at radius 1 is 1.37 bits per heavy atom. The van der Waals surface area contributed by atoms with Crippen molar-refractivity contribution >= 4 is 11.6 Å². The van der Waals surface area contributed by atoms with Crippen molar-refractivity contribution in [3.05, 3.63) is 60.0 Å². The Hall–Kier alpha value is -2.91. The second kappa shape index (κ2) is 10.3. The number of aliphatic hydroxyl groups excluding tert-OH is 1. The number of aliphatic imine (C=N–C) groups is 1. The van der Waals surface area contributed by atoms with Gasteiger partial charge in [0.25, 0.3) is 5.91 Å². The van der Waals surface area contributed by atoms with E-state index in [0.29, 0.717) is 35.7 Å². The summed E-state index contributed by atoms with van der Waals surface area (Å²) in [7, 11) is 0. The van der Waals surface area contributed by atoms with E-state index >= 15 is 0 Å². The first-order valence-corrected chi connectivity index (χ1v) is 9.05. The molecule has 2 rings (SSSR count). The van der Waals surface area contributed by atoms with Gasteiger partial charge in [-0.15, -0.1) is 0 Å². The first-order valence-electron chi connectivity index (χ1n) is 9.05. The van der Waals surface area contributed by atoms with Crippen LogP contribution in [0.15, 0.2) is 53.9 Å². The summed E-state index contributed by atoms with van der Waals surface area (Å²) >= 11 is 0. The summed E-state index contributed by atoms with van der Waals surface area (Å²) < 4.78 is 5.74. The number of benzene rings is 1. The Morgan fingerprint density at radius 3 is 2.81 bits per heavy atom. The van der Waals surface area contributed by atoms with Crippen molar-refractivity contribution in [2.75, 3.05) is 6.61 Å². The number of nitrogens with one attached hydrogen (secondary N) is 1. The van der Waals surface area contributed by atoms with Crippen molar-refractivity contribution in [1.29, 1.82) is 5.26 Å². The molecule has 1 aliphatic rings. The normalized spacial score (nSPS) is 23.4. The molecule has 2 N–H and O–H groups in total. The Kier molecular flexibility index (Phi) is 7.78. The number of ether oxygens (including phenoxy) is 1. The van der Waals surface area contributed by atoms with Crippen LogP contribution in [0.25, 0.3) is 0 Å². The number of rotatable bonds is 2. The third-order valence-corrected chi connectivity index (χ3v) is 4.34. The molecule has 1 aromatic rings. The van der Waals surface area contributed by atoms with Gasteiger partial charge in [-0.25, -0.2) is 4.99 Å². The van der Waals surface area contributed by atoms with Crippen LogP contribution < -0.4 is 5.32 Å². The molecule has 0 radical (unpaired) electrons. The average molecular weight is 367 g/mol. The standard InChI is InChI=1S/C21H25N3O3/c1-3-9-20-23-15(2)16-10-6-7-11-17(16)21(26)24-18(19(25)14-22)12-5-4-8-13-27-20/h3,6-7,9-11,18-19,25H,1,4-5,8,12-13H2,2H3,(H,24,26)/b20-9+,23-15+. The zero-order valence-corrected chi connectivity index (χ0v) is 15.5. The van der Waals surface area contributed by atoms with Gasteiger partial charge in [0.2, 0.25) is 5.88 Å². The van der Waals surface area contributed by atoms with Gasteiger partial charge in [-0.1, -0.05) is 37.3 Å². The number of carbonyl (C=O) groups is 1. The van der Waals surface area contributed by atoms with Gasteiger partial charge in [0, 0.05) is 16.8 Å². The van der Waals surface area contributed by atoms with E-state index in [0.717, 1.165) is 19.3 Å². The lowest BCUT2D eigenvalue weighted by molar-refractivity contribution is 0.0880. The van der Waals surface area contributed by atoms with Crippen molar-refractivity contribution < 1.29 is 14.6 Å². The quantitative estimate of drug-likeness (QED) is 0.785. The second-order valence-electron chi connectivity index (χ2n) is 6.34. The van der Waals surface area contributed by atoms with Crippen molar-refractivity contribution in [2.24, 2.45) is 4.99 Å². The van der Waals surface area contributed by atoms with Crippen LogP contribution in [0.1, 0.15) is 48.5 Å². The van der Waals surface area contributed by atoms with E-state index in [1.807, 2.05) is 12.1 Å². The molecule has 27 heavy (non-hydrogen) atoms. The number of hydrogen-bond acceptors (Lipinski definition) is 5. The van der Waals surface area contributed by atoms with E-state index in [2.05, 4.69) is 16.9 Å². The minimum absolute atomic E-state index is 0.341. The molecule has 0 spiro atoms. The van der Waals surface area contributed by atoms with Crippen LogP contribution in [0.3, 0.4) is 0 Å². The van der Waals surface area contributed by atoms with E-state index < -0.39 is 12.1 Å². The molecule has 1 amide bonds. The number of hydrogen-bond donors (Lipinski definition) is 2. The minimum atomic E-state index is -1.25. The van der Waals surface area contributed by atoms with Crippen LogP contribution in [0.4, 0.5) is 0 Å². The third kappa shape index (κ3) is 5.80. The summed E-state index contributed by atoms with van der Waals surface area (Å²) in [5.41, 5.74) is 1.73. The largest absolute Gasteiger partial charge is 0.478 e. The molecule has 0 saturated carbocycles. The van der Waals surface area contributed by atoms with Crippen LogP contribution in [-0.2, 0) is 4.74 Å². The highest BCUT2D eigenvalue weighted by atomic mass is 16.5. The van der Waals surface area contributed by atoms with Gasteiger partial charge in [0.1, 0.15) is 0 Å². The summed E-state index contributed by atoms with van der Waals surface area (Å²) in [6, 6.07) is 8.30. The first kappa shape index (κ1) is 20.4. The van der Waals surface area contributed by atoms with E-state index in [1.54, 1.807) is 37.3 Å². The molecular formula is C21H25N3O3. The van der Waals surface area contributed by atoms with Crippen molar-refractivity contribution in [3.63, 3.8) is 0 Å². The Labute approximate surface area is 159 Å². The highest BCUT2D eigenvalue weighted by Gasteiger charge is 2.23. The third-order valence-electron chi connectivity index (χ3n) is 4.34. The first-order chi connectivity index (χ1) is 13.1. The van der Waals surface area contributed by atoms with Crippen LogP contribution in [0, 0.1) is 11.3 Å². The van der Waals surface area contributed by atoms with Crippen LogP contribution in [-0.4, -0.2) is 35.5 Å². The number of allylic oxidation sites excluding steroid dienone is 2. The maximum atomic E-state index is 12.8. The Balaban J connectivity index is 2.43. The van der Waals surface area contributed by atoms with Gasteiger partial charge in [-0.3, -0.25) is 4.79 Å². The average Bonchev–Trinajstić information content (AvgIpc) is 2.68. The molecule has 1 aliphatic heterocycles. The van der Waals surface area contributed by atoms with E-state index in [1.165, 1.54) is 0 Å². The van der Waals surface area contributed by atoms with E-state index in [4.69, 9.17) is 10.00 Å². The van der Waals surface area contributed by atoms with Gasteiger partial charge < -0.3 is 15.2 Å². The SMILES string of the molecule is C=C/C=C1\N=C(/C)c2ccccc2C(=O)NC(C(O)C#N)CCCCCO1. The zero-order chi connectivity index (χ0) is 19.6. The topological polar surface area (TPSA) is 94.7 Å². The van der Waals surface area contributed by atoms with Crippen LogP contribution in [0.5, 0.6) is 0 Å². The van der Waals surface area contributed by atoms with Gasteiger partial charge >= 0.3 is 0 Å². The molecule has 0 aromatic heterocycles. The van der Waals surface area contributed by atoms with Crippen molar-refractivity contribution in [2.45, 2.75) is 44.8 Å². The summed E-state index contributed by atoms with van der Waals surface area (Å²) in [6.45, 7) is 6.00. The lowest BCUT2D eigenvalue weighted by Gasteiger charge is -2.21. The summed E-state index contributed by atoms with van der Waals surface area (Å²) in [4.78, 5) is 17.3. The smallest absolute Gasteiger partial charge is 0.252 e. The fraction of sp³-hybridized carbons (Fsp3) is 0.381. The molecule has 0 fully saturated rings. The number of nitriles is 1. The van der Waals surface area contributed by atoms with Crippen LogP contribution >= 0.6 is 0 Å². The number of amides is 1. The monoisotopic (exact) mass is 367 g/mol. The maximum Gasteiger partial charge on any atom is 0.252 e. The highest BCUT2D eigenvalue weighted by Crippen LogP contribution is 2.16. The Morgan fingerprint density at radius 2 is 2.11 bits per heavy atom. The molecule has 2 atom stereocenters. The van der Waals surface area contributed by atoms with Gasteiger partial charge in [-0.2, -0.15) is 5.26 Å². The van der Waals surface area contributed by atoms with Gasteiger partial charge in [0.05, 0.1) is 18.7 Å². The molecule has 142 valence electrons. The fourth-order valence-corrected chi connectivity index (χ4v) is 2.91. The van der Waals surface area contributed by atoms with Gasteiger partial charge in [-0.05, 0) is 38.3 Å². The predicted molar refractivity (Wildman–Crippen MR) is 104 cm³/mol. The number of carbonyl (C=O) groups excluding carboxylic acids is 1. The van der Waals surface area contributed by atoms with Crippen molar-refractivity contribution in [1.82, 2.24) is 5.32 Å². The number of aliphatic hydroxyl groups is 1. The minimum Gasteiger partial charge on any atom is -0.478 e. The second-order valence-corrected chi connectivity index (χ2v) is 6.34. The van der Waals surface area contributed by atoms with E-state index in [-0.39, 0.29) is 5.91 Å². The Bertz CT molecular complexity index is 777. The summed E-state index contributed by atoms with van der Waals surface area (Å²) in [6.07, 6.45) is 5.00. The molecule has 0 bridgehead atoms. The predicted octanol–water partition coefficient (Wildman–Crippen LogP) is 3.10. The molecule has 6 heteroatoms. The number of fused-ring (bicyclic) bond motifs is 1. The zero-order valence-electron chi connectivity index (χ0n) is 15.5. The molecule has 0 saturated heterocycles. The molecule has 1 heterocycles. The molecule has 2 unspecified atom stereocenters. The summed E-state index contributed by atoms with van der Waals surface area (Å²) in [5.74, 6) is 0.110. The van der Waals surface area contributed by atoms with Gasteiger partial charge in [0.15, 0.2) is 6.10 Å². The molecule has 0 aliphatic carbocycles. The summed E-state index contributed by atoms with van der Waals surface area (Å²) in [5, 5.41) is 21.8. The highest BCUT2D eigenvalue weighted by molar-refractivity contribution is 6.09.